The molecule has 3 aromatic rings. The minimum Gasteiger partial charge on any atom is -0.318 e. The van der Waals surface area contributed by atoms with Crippen molar-refractivity contribution >= 4 is 44.6 Å². The van der Waals surface area contributed by atoms with Crippen LogP contribution in [-0.2, 0) is 7.05 Å². The average Bonchev–Trinajstić information content (AvgIpc) is 2.94. The number of thiophene rings is 1. The Kier molecular flexibility index (Phi) is 3.23. The van der Waals surface area contributed by atoms with Crippen LogP contribution >= 0.6 is 22.9 Å². The van der Waals surface area contributed by atoms with Gasteiger partial charge in [0.2, 0.25) is 0 Å². The summed E-state index contributed by atoms with van der Waals surface area (Å²) < 4.78 is 2.72. The summed E-state index contributed by atoms with van der Waals surface area (Å²) in [6.45, 7) is 1.90. The van der Waals surface area contributed by atoms with E-state index in [4.69, 9.17) is 11.6 Å². The second-order valence-electron chi connectivity index (χ2n) is 4.46. The lowest BCUT2D eigenvalue weighted by Gasteiger charge is -2.03. The van der Waals surface area contributed by atoms with Crippen LogP contribution in [-0.4, -0.2) is 15.7 Å². The standard InChI is InChI=1S/C14H12ClN3OS/c1-8-10(7-16-18(8)2)17-14(19)13-12(15)9-5-3-4-6-11(9)20-13/h3-7H,1-2H3,(H,17,19). The highest BCUT2D eigenvalue weighted by Gasteiger charge is 2.18. The predicted molar refractivity (Wildman–Crippen MR) is 82.7 cm³/mol. The Bertz CT molecular complexity index is 806. The molecule has 0 spiro atoms. The van der Waals surface area contributed by atoms with E-state index < -0.39 is 0 Å². The summed E-state index contributed by atoms with van der Waals surface area (Å²) in [6, 6.07) is 7.72. The molecule has 0 unspecified atom stereocenters. The number of carbonyl (C=O) groups excluding carboxylic acids is 1. The number of hydrogen-bond donors (Lipinski definition) is 1. The van der Waals surface area contributed by atoms with Gasteiger partial charge in [0.1, 0.15) is 4.88 Å². The molecule has 4 nitrogen and oxygen atoms in total. The van der Waals surface area contributed by atoms with Gasteiger partial charge in [0.15, 0.2) is 0 Å². The van der Waals surface area contributed by atoms with Crippen molar-refractivity contribution in [3.63, 3.8) is 0 Å². The van der Waals surface area contributed by atoms with E-state index in [2.05, 4.69) is 10.4 Å². The third-order valence-electron chi connectivity index (χ3n) is 3.22. The summed E-state index contributed by atoms with van der Waals surface area (Å²) in [5.74, 6) is -0.202. The molecule has 1 N–H and O–H groups in total. The van der Waals surface area contributed by atoms with Crippen LogP contribution in [0.5, 0.6) is 0 Å². The lowest BCUT2D eigenvalue weighted by molar-refractivity contribution is 0.103. The lowest BCUT2D eigenvalue weighted by atomic mass is 10.2. The number of aromatic nitrogens is 2. The smallest absolute Gasteiger partial charge is 0.267 e. The van der Waals surface area contributed by atoms with Crippen molar-refractivity contribution in [2.45, 2.75) is 6.92 Å². The molecule has 20 heavy (non-hydrogen) atoms. The van der Waals surface area contributed by atoms with Crippen molar-refractivity contribution in [3.05, 3.63) is 46.1 Å². The van der Waals surface area contributed by atoms with Gasteiger partial charge in [0.25, 0.3) is 5.91 Å². The normalized spacial score (nSPS) is 10.9. The quantitative estimate of drug-likeness (QED) is 0.781. The van der Waals surface area contributed by atoms with Crippen LogP contribution < -0.4 is 5.32 Å². The number of nitrogens with one attached hydrogen (secondary N) is 1. The van der Waals surface area contributed by atoms with Crippen molar-refractivity contribution < 1.29 is 4.79 Å². The molecule has 0 aliphatic rings. The predicted octanol–water partition coefficient (Wildman–Crippen LogP) is 3.85. The Morgan fingerprint density at radius 1 is 1.40 bits per heavy atom. The second-order valence-corrected chi connectivity index (χ2v) is 5.89. The number of anilines is 1. The van der Waals surface area contributed by atoms with Crippen molar-refractivity contribution in [2.24, 2.45) is 7.05 Å². The van der Waals surface area contributed by atoms with Crippen molar-refractivity contribution in [3.8, 4) is 0 Å². The summed E-state index contributed by atoms with van der Waals surface area (Å²) >= 11 is 7.68. The third kappa shape index (κ3) is 2.09. The van der Waals surface area contributed by atoms with Crippen LogP contribution in [0.3, 0.4) is 0 Å². The van der Waals surface area contributed by atoms with Crippen LogP contribution in [0, 0.1) is 6.92 Å². The molecule has 0 atom stereocenters. The zero-order valence-electron chi connectivity index (χ0n) is 11.0. The van der Waals surface area contributed by atoms with Gasteiger partial charge in [-0.1, -0.05) is 29.8 Å². The Hall–Kier alpha value is -1.85. The van der Waals surface area contributed by atoms with E-state index in [-0.39, 0.29) is 5.91 Å². The molecule has 0 fully saturated rings. The van der Waals surface area contributed by atoms with E-state index in [9.17, 15) is 4.79 Å². The number of carbonyl (C=O) groups is 1. The highest BCUT2D eigenvalue weighted by molar-refractivity contribution is 7.21. The fourth-order valence-electron chi connectivity index (χ4n) is 1.96. The molecule has 0 aliphatic carbocycles. The zero-order chi connectivity index (χ0) is 14.3. The molecule has 1 amide bonds. The molecule has 0 saturated carbocycles. The number of nitrogens with zero attached hydrogens (tertiary/aromatic N) is 2. The maximum atomic E-state index is 12.3. The monoisotopic (exact) mass is 305 g/mol. The molecule has 0 radical (unpaired) electrons. The molecule has 6 heteroatoms. The number of halogens is 1. The van der Waals surface area contributed by atoms with Gasteiger partial charge in [-0.05, 0) is 13.0 Å². The van der Waals surface area contributed by atoms with Gasteiger partial charge in [-0.3, -0.25) is 9.48 Å². The molecule has 3 rings (SSSR count). The molecule has 102 valence electrons. The van der Waals surface area contributed by atoms with E-state index in [0.29, 0.717) is 15.6 Å². The van der Waals surface area contributed by atoms with Gasteiger partial charge < -0.3 is 5.32 Å². The van der Waals surface area contributed by atoms with E-state index in [1.54, 1.807) is 10.9 Å². The van der Waals surface area contributed by atoms with E-state index >= 15 is 0 Å². The summed E-state index contributed by atoms with van der Waals surface area (Å²) in [5.41, 5.74) is 1.60. The van der Waals surface area contributed by atoms with E-state index in [1.165, 1.54) is 11.3 Å². The number of benzene rings is 1. The number of rotatable bonds is 2. The summed E-state index contributed by atoms with van der Waals surface area (Å²) in [7, 11) is 1.83. The molecule has 0 saturated heterocycles. The molecule has 2 aromatic heterocycles. The first-order valence-electron chi connectivity index (χ1n) is 6.05. The minimum absolute atomic E-state index is 0.202. The van der Waals surface area contributed by atoms with Crippen LogP contribution in [0.25, 0.3) is 10.1 Å². The molecular formula is C14H12ClN3OS. The maximum Gasteiger partial charge on any atom is 0.267 e. The summed E-state index contributed by atoms with van der Waals surface area (Å²) in [5, 5.41) is 8.37. The Labute approximate surface area is 125 Å². The van der Waals surface area contributed by atoms with Gasteiger partial charge in [-0.15, -0.1) is 11.3 Å². The lowest BCUT2D eigenvalue weighted by Crippen LogP contribution is -2.11. The van der Waals surface area contributed by atoms with Gasteiger partial charge >= 0.3 is 0 Å². The van der Waals surface area contributed by atoms with Gasteiger partial charge in [-0.25, -0.2) is 0 Å². The SMILES string of the molecule is Cc1c(NC(=O)c2sc3ccccc3c2Cl)cnn1C. The fraction of sp³-hybridized carbons (Fsp3) is 0.143. The van der Waals surface area contributed by atoms with Gasteiger partial charge in [-0.2, -0.15) is 5.10 Å². The fourth-order valence-corrected chi connectivity index (χ4v) is 3.37. The van der Waals surface area contributed by atoms with E-state index in [0.717, 1.165) is 15.8 Å². The van der Waals surface area contributed by atoms with Gasteiger partial charge in [0, 0.05) is 17.1 Å². The van der Waals surface area contributed by atoms with Crippen LogP contribution in [0.4, 0.5) is 5.69 Å². The van der Waals surface area contributed by atoms with E-state index in [1.807, 2.05) is 38.2 Å². The highest BCUT2D eigenvalue weighted by Crippen LogP contribution is 2.35. The highest BCUT2D eigenvalue weighted by atomic mass is 35.5. The van der Waals surface area contributed by atoms with Crippen LogP contribution in [0.1, 0.15) is 15.4 Å². The molecule has 0 aliphatic heterocycles. The largest absolute Gasteiger partial charge is 0.318 e. The Morgan fingerprint density at radius 3 is 2.80 bits per heavy atom. The molecular weight excluding hydrogens is 294 g/mol. The van der Waals surface area contributed by atoms with Crippen LogP contribution in [0.15, 0.2) is 30.5 Å². The van der Waals surface area contributed by atoms with Crippen molar-refractivity contribution in [1.29, 1.82) is 0 Å². The molecule has 2 heterocycles. The first-order valence-corrected chi connectivity index (χ1v) is 7.24. The maximum absolute atomic E-state index is 12.3. The first kappa shape index (κ1) is 13.1. The molecule has 1 aromatic carbocycles. The summed E-state index contributed by atoms with van der Waals surface area (Å²) in [6.07, 6.45) is 1.63. The minimum atomic E-state index is -0.202. The number of hydrogen-bond acceptors (Lipinski definition) is 3. The topological polar surface area (TPSA) is 46.9 Å². The molecule has 0 bridgehead atoms. The average molecular weight is 306 g/mol. The number of fused-ring (bicyclic) bond motifs is 1. The number of aryl methyl sites for hydroxylation is 1. The summed E-state index contributed by atoms with van der Waals surface area (Å²) in [4.78, 5) is 12.9. The van der Waals surface area contributed by atoms with Crippen LogP contribution in [0.2, 0.25) is 5.02 Å². The second kappa shape index (κ2) is 4.92. The first-order chi connectivity index (χ1) is 9.58. The Balaban J connectivity index is 1.97. The Morgan fingerprint density at radius 2 is 2.15 bits per heavy atom. The number of amides is 1. The van der Waals surface area contributed by atoms with Gasteiger partial charge in [0.05, 0.1) is 22.6 Å². The van der Waals surface area contributed by atoms with Crippen molar-refractivity contribution in [2.75, 3.05) is 5.32 Å². The van der Waals surface area contributed by atoms with Crippen molar-refractivity contribution in [1.82, 2.24) is 9.78 Å². The zero-order valence-corrected chi connectivity index (χ0v) is 12.5. The third-order valence-corrected chi connectivity index (χ3v) is 4.90.